The monoisotopic (exact) mass is 329 g/mol. The average Bonchev–Trinajstić information content (AvgIpc) is 2.38. The van der Waals surface area contributed by atoms with Crippen LogP contribution in [0.5, 0.6) is 5.75 Å². The molecule has 1 rings (SSSR count). The van der Waals surface area contributed by atoms with Crippen molar-refractivity contribution in [1.82, 2.24) is 5.32 Å². The maximum atomic E-state index is 12.4. The van der Waals surface area contributed by atoms with Crippen molar-refractivity contribution < 1.29 is 27.8 Å². The van der Waals surface area contributed by atoms with Gasteiger partial charge in [-0.3, -0.25) is 0 Å². The van der Waals surface area contributed by atoms with Crippen LogP contribution in [0.2, 0.25) is 0 Å². The molecule has 0 spiro atoms. The van der Waals surface area contributed by atoms with Crippen molar-refractivity contribution in [1.29, 1.82) is 0 Å². The first kappa shape index (κ1) is 18.9. The highest BCUT2D eigenvalue weighted by atomic mass is 19.3. The quantitative estimate of drug-likeness (QED) is 0.839. The van der Waals surface area contributed by atoms with Gasteiger partial charge in [-0.1, -0.05) is 12.1 Å². The van der Waals surface area contributed by atoms with E-state index in [1.807, 2.05) is 0 Å². The van der Waals surface area contributed by atoms with Crippen molar-refractivity contribution in [2.24, 2.45) is 0 Å². The Morgan fingerprint density at radius 2 is 1.87 bits per heavy atom. The summed E-state index contributed by atoms with van der Waals surface area (Å²) < 4.78 is 34.4. The van der Waals surface area contributed by atoms with Gasteiger partial charge in [-0.25, -0.2) is 4.79 Å². The molecule has 1 N–H and O–H groups in total. The van der Waals surface area contributed by atoms with Crippen LogP contribution in [0.3, 0.4) is 0 Å². The van der Waals surface area contributed by atoms with E-state index in [2.05, 4.69) is 10.1 Å². The lowest BCUT2D eigenvalue weighted by Crippen LogP contribution is -2.47. The molecule has 1 unspecified atom stereocenters. The molecule has 1 aromatic rings. The Morgan fingerprint density at radius 3 is 2.35 bits per heavy atom. The smallest absolute Gasteiger partial charge is 0.408 e. The number of nitrogens with one attached hydrogen (secondary N) is 1. The third-order valence-electron chi connectivity index (χ3n) is 3.00. The molecule has 0 bridgehead atoms. The van der Waals surface area contributed by atoms with Crippen molar-refractivity contribution >= 4 is 12.4 Å². The van der Waals surface area contributed by atoms with Crippen LogP contribution < -0.4 is 10.1 Å². The van der Waals surface area contributed by atoms with Gasteiger partial charge in [-0.15, -0.1) is 0 Å². The van der Waals surface area contributed by atoms with E-state index in [1.165, 1.54) is 19.1 Å². The molecule has 0 aliphatic rings. The van der Waals surface area contributed by atoms with Crippen molar-refractivity contribution in [3.05, 3.63) is 29.3 Å². The Balaban J connectivity index is 3.08. The molecule has 23 heavy (non-hydrogen) atoms. The van der Waals surface area contributed by atoms with Gasteiger partial charge in [0.15, 0.2) is 0 Å². The first-order valence-corrected chi connectivity index (χ1v) is 7.00. The summed E-state index contributed by atoms with van der Waals surface area (Å²) in [5, 5.41) is 2.44. The van der Waals surface area contributed by atoms with Crippen LogP contribution in [0.1, 0.15) is 38.8 Å². The van der Waals surface area contributed by atoms with Gasteiger partial charge in [0.05, 0.1) is 0 Å². The molecule has 0 aliphatic carbocycles. The highest BCUT2D eigenvalue weighted by molar-refractivity contribution is 5.78. The minimum atomic E-state index is -2.98. The van der Waals surface area contributed by atoms with Gasteiger partial charge in [0.25, 0.3) is 0 Å². The fourth-order valence-corrected chi connectivity index (χ4v) is 1.83. The number of carbonyl (C=O) groups is 2. The Labute approximate surface area is 134 Å². The number of alkyl carbamates (subject to hydrolysis) is 1. The van der Waals surface area contributed by atoms with Crippen molar-refractivity contribution in [2.75, 3.05) is 0 Å². The van der Waals surface area contributed by atoms with Crippen LogP contribution >= 0.6 is 0 Å². The summed E-state index contributed by atoms with van der Waals surface area (Å²) >= 11 is 0. The summed E-state index contributed by atoms with van der Waals surface area (Å²) in [6.45, 7) is 5.12. The third-order valence-corrected chi connectivity index (χ3v) is 3.00. The molecule has 5 nitrogen and oxygen atoms in total. The van der Waals surface area contributed by atoms with E-state index >= 15 is 0 Å². The zero-order valence-corrected chi connectivity index (χ0v) is 13.8. The molecule has 1 amide bonds. The predicted molar refractivity (Wildman–Crippen MR) is 80.6 cm³/mol. The first-order chi connectivity index (χ1) is 10.5. The van der Waals surface area contributed by atoms with Crippen LogP contribution in [-0.2, 0) is 15.1 Å². The van der Waals surface area contributed by atoms with Gasteiger partial charge in [-0.2, -0.15) is 8.78 Å². The maximum absolute atomic E-state index is 12.4. The van der Waals surface area contributed by atoms with E-state index in [-0.39, 0.29) is 5.75 Å². The van der Waals surface area contributed by atoms with Crippen molar-refractivity contribution in [3.63, 3.8) is 0 Å². The van der Waals surface area contributed by atoms with Crippen LogP contribution in [0.15, 0.2) is 18.2 Å². The minimum absolute atomic E-state index is 0.0587. The molecule has 0 radical (unpaired) electrons. The first-order valence-electron chi connectivity index (χ1n) is 7.00. The second-order valence-electron chi connectivity index (χ2n) is 6.31. The van der Waals surface area contributed by atoms with Crippen LogP contribution in [0, 0.1) is 6.92 Å². The van der Waals surface area contributed by atoms with Gasteiger partial charge in [-0.05, 0) is 51.8 Å². The van der Waals surface area contributed by atoms with Gasteiger partial charge >= 0.3 is 12.7 Å². The zero-order chi connectivity index (χ0) is 17.8. The molecule has 0 aromatic heterocycles. The summed E-state index contributed by atoms with van der Waals surface area (Å²) in [5.74, 6) is -0.0587. The molecule has 1 atom stereocenters. The third kappa shape index (κ3) is 5.50. The fourth-order valence-electron chi connectivity index (χ4n) is 1.83. The molecule has 0 aliphatic heterocycles. The number of aryl methyl sites for hydroxylation is 1. The lowest BCUT2D eigenvalue weighted by Gasteiger charge is -2.28. The van der Waals surface area contributed by atoms with Gasteiger partial charge in [0.1, 0.15) is 23.2 Å². The number of hydrogen-bond donors (Lipinski definition) is 1. The number of rotatable bonds is 5. The summed E-state index contributed by atoms with van der Waals surface area (Å²) in [7, 11) is 0. The lowest BCUT2D eigenvalue weighted by atomic mass is 9.92. The van der Waals surface area contributed by atoms with E-state index < -0.39 is 23.8 Å². The maximum Gasteiger partial charge on any atom is 0.408 e. The standard InChI is InChI=1S/C16H21F2NO4/c1-10-6-7-11(8-12(10)22-13(17)18)16(5,9-20)19-14(21)23-15(2,3)4/h6-9,13H,1-5H3,(H,19,21). The molecule has 0 saturated carbocycles. The van der Waals surface area contributed by atoms with E-state index in [0.29, 0.717) is 17.4 Å². The van der Waals surface area contributed by atoms with E-state index in [1.54, 1.807) is 33.8 Å². The van der Waals surface area contributed by atoms with Gasteiger partial charge in [0, 0.05) is 0 Å². The zero-order valence-electron chi connectivity index (χ0n) is 13.8. The minimum Gasteiger partial charge on any atom is -0.444 e. The number of amides is 1. The molecular weight excluding hydrogens is 308 g/mol. The summed E-state index contributed by atoms with van der Waals surface area (Å²) in [6, 6.07) is 4.39. The number of halogens is 2. The summed E-state index contributed by atoms with van der Waals surface area (Å²) in [5.41, 5.74) is -1.37. The topological polar surface area (TPSA) is 64.6 Å². The molecule has 1 aromatic carbocycles. The Bertz CT molecular complexity index is 584. The number of carbonyl (C=O) groups excluding carboxylic acids is 2. The van der Waals surface area contributed by atoms with E-state index in [4.69, 9.17) is 4.74 Å². The van der Waals surface area contributed by atoms with Crippen molar-refractivity contribution in [2.45, 2.75) is 52.4 Å². The predicted octanol–water partition coefficient (Wildman–Crippen LogP) is 3.54. The normalized spacial score (nSPS) is 14.1. The van der Waals surface area contributed by atoms with Crippen LogP contribution in [0.25, 0.3) is 0 Å². The average molecular weight is 329 g/mol. The number of benzene rings is 1. The second-order valence-corrected chi connectivity index (χ2v) is 6.31. The highest BCUT2D eigenvalue weighted by Gasteiger charge is 2.31. The molecule has 7 heteroatoms. The van der Waals surface area contributed by atoms with Gasteiger partial charge < -0.3 is 19.6 Å². The number of hydrogen-bond acceptors (Lipinski definition) is 4. The van der Waals surface area contributed by atoms with Crippen molar-refractivity contribution in [3.8, 4) is 5.75 Å². The van der Waals surface area contributed by atoms with E-state index in [0.717, 1.165) is 0 Å². The van der Waals surface area contributed by atoms with Crippen LogP contribution in [-0.4, -0.2) is 24.6 Å². The molecule has 0 heterocycles. The van der Waals surface area contributed by atoms with Crippen LogP contribution in [0.4, 0.5) is 13.6 Å². The van der Waals surface area contributed by atoms with E-state index in [9.17, 15) is 18.4 Å². The molecule has 128 valence electrons. The molecule has 0 fully saturated rings. The summed E-state index contributed by atoms with van der Waals surface area (Å²) in [6.07, 6.45) is -0.280. The lowest BCUT2D eigenvalue weighted by molar-refractivity contribution is -0.113. The molecular formula is C16H21F2NO4. The number of ether oxygens (including phenoxy) is 2. The molecule has 0 saturated heterocycles. The Morgan fingerprint density at radius 1 is 1.26 bits per heavy atom. The SMILES string of the molecule is Cc1ccc(C(C)(C=O)NC(=O)OC(C)(C)C)cc1OC(F)F. The number of alkyl halides is 2. The number of aldehydes is 1. The largest absolute Gasteiger partial charge is 0.444 e. The fraction of sp³-hybridized carbons (Fsp3) is 0.500. The summed E-state index contributed by atoms with van der Waals surface area (Å²) in [4.78, 5) is 23.4. The second kappa shape index (κ2) is 6.93. The Hall–Kier alpha value is -2.18. The van der Waals surface area contributed by atoms with Gasteiger partial charge in [0.2, 0.25) is 0 Å². The highest BCUT2D eigenvalue weighted by Crippen LogP contribution is 2.27. The Kier molecular flexibility index (Phi) is 5.69.